The normalized spacial score (nSPS) is 17.1. The summed E-state index contributed by atoms with van der Waals surface area (Å²) in [5, 5.41) is 6.92. The van der Waals surface area contributed by atoms with E-state index in [1.165, 1.54) is 0 Å². The van der Waals surface area contributed by atoms with Crippen molar-refractivity contribution in [1.82, 2.24) is 24.8 Å². The molecule has 7 nitrogen and oxygen atoms in total. The largest absolute Gasteiger partial charge is 0.365 e. The molecule has 4 heterocycles. The fourth-order valence-corrected chi connectivity index (χ4v) is 4.19. The van der Waals surface area contributed by atoms with Crippen LogP contribution in [0.2, 0.25) is 25.7 Å². The highest BCUT2D eigenvalue weighted by Crippen LogP contribution is 2.26. The van der Waals surface area contributed by atoms with Crippen LogP contribution in [0.25, 0.3) is 22.4 Å². The molecule has 0 bridgehead atoms. The number of fused-ring (bicyclic) bond motifs is 1. The van der Waals surface area contributed by atoms with Gasteiger partial charge in [0.05, 0.1) is 11.9 Å². The molecule has 0 spiro atoms. The SMILES string of the molecule is C[Si](C)(C)CCOCn1ccc2nc(-c3cccnc3N[C@@H]3CCNC3)cnc21. The Hall–Kier alpha value is -2.29. The summed E-state index contributed by atoms with van der Waals surface area (Å²) in [5.41, 5.74) is 3.53. The number of anilines is 1. The van der Waals surface area contributed by atoms with Crippen molar-refractivity contribution in [3.05, 3.63) is 36.8 Å². The van der Waals surface area contributed by atoms with Crippen LogP contribution >= 0.6 is 0 Å². The molecule has 1 aliphatic rings. The van der Waals surface area contributed by atoms with Gasteiger partial charge in [-0.25, -0.2) is 15.0 Å². The van der Waals surface area contributed by atoms with Gasteiger partial charge < -0.3 is 19.9 Å². The second-order valence-electron chi connectivity index (χ2n) is 8.83. The number of ether oxygens (including phenoxy) is 1. The Kier molecular flexibility index (Phi) is 5.93. The van der Waals surface area contributed by atoms with Crippen molar-refractivity contribution in [2.24, 2.45) is 0 Å². The summed E-state index contributed by atoms with van der Waals surface area (Å²) in [4.78, 5) is 14.1. The van der Waals surface area contributed by atoms with E-state index in [0.717, 1.165) is 60.4 Å². The molecule has 0 saturated carbocycles. The maximum Gasteiger partial charge on any atom is 0.160 e. The fraction of sp³-hybridized carbons (Fsp3) is 0.476. The van der Waals surface area contributed by atoms with Crippen molar-refractivity contribution >= 4 is 25.1 Å². The van der Waals surface area contributed by atoms with Crippen LogP contribution in [0.4, 0.5) is 5.82 Å². The van der Waals surface area contributed by atoms with Gasteiger partial charge in [-0.1, -0.05) is 19.6 Å². The first-order chi connectivity index (χ1) is 14.0. The number of rotatable bonds is 8. The molecule has 0 aliphatic carbocycles. The van der Waals surface area contributed by atoms with Gasteiger partial charge in [-0.15, -0.1) is 0 Å². The first kappa shape index (κ1) is 20.0. The molecule has 0 unspecified atom stereocenters. The van der Waals surface area contributed by atoms with Gasteiger partial charge in [-0.05, 0) is 37.2 Å². The monoisotopic (exact) mass is 410 g/mol. The zero-order valence-electron chi connectivity index (χ0n) is 17.5. The number of hydrogen-bond donors (Lipinski definition) is 2. The Labute approximate surface area is 172 Å². The maximum absolute atomic E-state index is 5.87. The molecule has 1 fully saturated rings. The first-order valence-corrected chi connectivity index (χ1v) is 14.0. The van der Waals surface area contributed by atoms with Crippen LogP contribution in [0.3, 0.4) is 0 Å². The third-order valence-corrected chi connectivity index (χ3v) is 6.88. The fourth-order valence-electron chi connectivity index (χ4n) is 3.43. The van der Waals surface area contributed by atoms with Gasteiger partial charge in [0.1, 0.15) is 18.1 Å². The lowest BCUT2D eigenvalue weighted by atomic mass is 10.1. The molecule has 29 heavy (non-hydrogen) atoms. The highest BCUT2D eigenvalue weighted by Gasteiger charge is 2.18. The van der Waals surface area contributed by atoms with Crippen LogP contribution < -0.4 is 10.6 Å². The predicted molar refractivity (Wildman–Crippen MR) is 120 cm³/mol. The molecule has 0 radical (unpaired) electrons. The highest BCUT2D eigenvalue weighted by atomic mass is 28.3. The lowest BCUT2D eigenvalue weighted by Gasteiger charge is -2.16. The molecule has 0 aromatic carbocycles. The van der Waals surface area contributed by atoms with E-state index < -0.39 is 8.07 Å². The minimum absolute atomic E-state index is 0.398. The zero-order valence-corrected chi connectivity index (χ0v) is 18.5. The van der Waals surface area contributed by atoms with Crippen LogP contribution in [-0.4, -0.2) is 53.3 Å². The molecular weight excluding hydrogens is 380 g/mol. The minimum Gasteiger partial charge on any atom is -0.365 e. The van der Waals surface area contributed by atoms with E-state index in [1.54, 1.807) is 0 Å². The van der Waals surface area contributed by atoms with Gasteiger partial charge in [0.15, 0.2) is 5.65 Å². The van der Waals surface area contributed by atoms with E-state index in [9.17, 15) is 0 Å². The van der Waals surface area contributed by atoms with Gasteiger partial charge in [0.25, 0.3) is 0 Å². The van der Waals surface area contributed by atoms with Crippen molar-refractivity contribution < 1.29 is 4.74 Å². The zero-order chi connectivity index (χ0) is 20.3. The Bertz CT molecular complexity index is 961. The lowest BCUT2D eigenvalue weighted by molar-refractivity contribution is 0.0899. The third kappa shape index (κ3) is 5.01. The second kappa shape index (κ2) is 8.60. The summed E-state index contributed by atoms with van der Waals surface area (Å²) in [6.07, 6.45) is 6.74. The molecule has 1 saturated heterocycles. The Morgan fingerprint density at radius 3 is 2.97 bits per heavy atom. The number of pyridine rings is 1. The number of hydrogen-bond acceptors (Lipinski definition) is 6. The molecule has 1 atom stereocenters. The molecule has 3 aromatic rings. The topological polar surface area (TPSA) is 76.9 Å². The molecule has 0 amide bonds. The van der Waals surface area contributed by atoms with Crippen LogP contribution in [0, 0.1) is 0 Å². The Morgan fingerprint density at radius 1 is 1.28 bits per heavy atom. The van der Waals surface area contributed by atoms with Crippen molar-refractivity contribution in [1.29, 1.82) is 0 Å². The molecule has 154 valence electrons. The van der Waals surface area contributed by atoms with Crippen molar-refractivity contribution in [3.8, 4) is 11.3 Å². The predicted octanol–water partition coefficient (Wildman–Crippen LogP) is 3.58. The average molecular weight is 411 g/mol. The summed E-state index contributed by atoms with van der Waals surface area (Å²) in [6, 6.07) is 7.55. The summed E-state index contributed by atoms with van der Waals surface area (Å²) in [5.74, 6) is 0.865. The van der Waals surface area contributed by atoms with E-state index in [2.05, 4.69) is 40.2 Å². The van der Waals surface area contributed by atoms with Crippen LogP contribution in [0.1, 0.15) is 6.42 Å². The standard InChI is InChI=1S/C21H30N6OSi/c1-29(2,3)12-11-28-15-27-10-7-18-21(27)24-14-19(26-18)17-5-4-8-23-20(17)25-16-6-9-22-13-16/h4-5,7-8,10,14,16,22H,6,9,11-13,15H2,1-3H3,(H,23,25)/t16-/m1/s1. The smallest absolute Gasteiger partial charge is 0.160 e. The first-order valence-electron chi connectivity index (χ1n) is 10.3. The van der Waals surface area contributed by atoms with Gasteiger partial charge in [0.2, 0.25) is 0 Å². The number of nitrogens with one attached hydrogen (secondary N) is 2. The van der Waals surface area contributed by atoms with E-state index in [4.69, 9.17) is 9.72 Å². The van der Waals surface area contributed by atoms with Gasteiger partial charge in [-0.3, -0.25) is 0 Å². The van der Waals surface area contributed by atoms with Gasteiger partial charge >= 0.3 is 0 Å². The summed E-state index contributed by atoms with van der Waals surface area (Å²) in [7, 11) is -1.08. The molecular formula is C21H30N6OSi. The number of aromatic nitrogens is 4. The van der Waals surface area contributed by atoms with Crippen LogP contribution in [0.5, 0.6) is 0 Å². The van der Waals surface area contributed by atoms with Gasteiger partial charge in [-0.2, -0.15) is 0 Å². The molecule has 1 aliphatic heterocycles. The Morgan fingerprint density at radius 2 is 2.17 bits per heavy atom. The molecule has 4 rings (SSSR count). The van der Waals surface area contributed by atoms with Crippen molar-refractivity contribution in [2.75, 3.05) is 25.0 Å². The lowest BCUT2D eigenvalue weighted by Crippen LogP contribution is -2.23. The van der Waals surface area contributed by atoms with E-state index >= 15 is 0 Å². The van der Waals surface area contributed by atoms with E-state index in [-0.39, 0.29) is 0 Å². The molecule has 8 heteroatoms. The Balaban J connectivity index is 1.50. The molecule has 3 aromatic heterocycles. The summed E-state index contributed by atoms with van der Waals surface area (Å²) < 4.78 is 7.89. The number of nitrogens with zero attached hydrogens (tertiary/aromatic N) is 4. The maximum atomic E-state index is 5.87. The third-order valence-electron chi connectivity index (χ3n) is 5.18. The van der Waals surface area contributed by atoms with Crippen LogP contribution in [0.15, 0.2) is 36.8 Å². The van der Waals surface area contributed by atoms with Crippen molar-refractivity contribution in [2.45, 2.75) is 44.9 Å². The quantitative estimate of drug-likeness (QED) is 0.437. The highest BCUT2D eigenvalue weighted by molar-refractivity contribution is 6.76. The van der Waals surface area contributed by atoms with Gasteiger partial charge in [0, 0.05) is 45.2 Å². The van der Waals surface area contributed by atoms with E-state index in [1.807, 2.05) is 41.4 Å². The average Bonchev–Trinajstić information content (AvgIpc) is 3.34. The van der Waals surface area contributed by atoms with Crippen molar-refractivity contribution in [3.63, 3.8) is 0 Å². The molecule has 2 N–H and O–H groups in total. The van der Waals surface area contributed by atoms with E-state index in [0.29, 0.717) is 12.8 Å². The minimum atomic E-state index is -1.08. The summed E-state index contributed by atoms with van der Waals surface area (Å²) in [6.45, 7) is 10.4. The summed E-state index contributed by atoms with van der Waals surface area (Å²) >= 11 is 0. The van der Waals surface area contributed by atoms with Crippen LogP contribution in [-0.2, 0) is 11.5 Å². The second-order valence-corrected chi connectivity index (χ2v) is 14.5.